The Hall–Kier alpha value is -0.900. The van der Waals surface area contributed by atoms with Gasteiger partial charge in [0.05, 0.1) is 6.54 Å². The zero-order valence-corrected chi connectivity index (χ0v) is 6.14. The second-order valence-corrected chi connectivity index (χ2v) is 1.75. The first kappa shape index (κ1) is 9.10. The Kier molecular flexibility index (Phi) is 4.49. The van der Waals surface area contributed by atoms with Gasteiger partial charge in [-0.3, -0.25) is 9.59 Å². The van der Waals surface area contributed by atoms with Gasteiger partial charge in [0.15, 0.2) is 0 Å². The number of esters is 2. The van der Waals surface area contributed by atoms with Gasteiger partial charge in [-0.15, -0.1) is 0 Å². The molecule has 0 aliphatic heterocycles. The fourth-order valence-corrected chi connectivity index (χ4v) is 0.423. The third kappa shape index (κ3) is 5.24. The number of likely N-dealkylation sites (N-methyl/N-ethyl adjacent to an activating group) is 1. The SMILES string of the molecule is CCNCC(=O)OC(C)=O. The van der Waals surface area contributed by atoms with Gasteiger partial charge >= 0.3 is 11.9 Å². The second-order valence-electron chi connectivity index (χ2n) is 1.75. The molecule has 0 radical (unpaired) electrons. The van der Waals surface area contributed by atoms with Crippen LogP contribution in [-0.2, 0) is 14.3 Å². The van der Waals surface area contributed by atoms with Crippen LogP contribution in [0.4, 0.5) is 0 Å². The van der Waals surface area contributed by atoms with E-state index in [-0.39, 0.29) is 6.54 Å². The maximum Gasteiger partial charge on any atom is 0.327 e. The molecule has 0 unspecified atom stereocenters. The van der Waals surface area contributed by atoms with E-state index in [1.165, 1.54) is 6.92 Å². The average molecular weight is 145 g/mol. The lowest BCUT2D eigenvalue weighted by molar-refractivity contribution is -0.157. The zero-order valence-electron chi connectivity index (χ0n) is 6.14. The summed E-state index contributed by atoms with van der Waals surface area (Å²) in [5, 5.41) is 2.73. The van der Waals surface area contributed by atoms with Gasteiger partial charge in [0.2, 0.25) is 0 Å². The maximum absolute atomic E-state index is 10.5. The number of carbonyl (C=O) groups excluding carboxylic acids is 2. The molecule has 4 heteroatoms. The minimum absolute atomic E-state index is 0.0933. The molecule has 0 amide bonds. The first-order valence-electron chi connectivity index (χ1n) is 3.08. The van der Waals surface area contributed by atoms with Crippen molar-refractivity contribution in [1.29, 1.82) is 0 Å². The minimum atomic E-state index is -0.567. The standard InChI is InChI=1S/C6H11NO3/c1-3-7-4-6(9)10-5(2)8/h7H,3-4H2,1-2H3. The van der Waals surface area contributed by atoms with Crippen LogP contribution in [0.15, 0.2) is 0 Å². The van der Waals surface area contributed by atoms with Crippen molar-refractivity contribution >= 4 is 11.9 Å². The molecule has 0 fully saturated rings. The fourth-order valence-electron chi connectivity index (χ4n) is 0.423. The van der Waals surface area contributed by atoms with Gasteiger partial charge in [-0.05, 0) is 6.54 Å². The summed E-state index contributed by atoms with van der Waals surface area (Å²) in [5.74, 6) is -1.10. The van der Waals surface area contributed by atoms with Gasteiger partial charge in [-0.1, -0.05) is 6.92 Å². The predicted molar refractivity (Wildman–Crippen MR) is 35.3 cm³/mol. The molecule has 0 aromatic rings. The van der Waals surface area contributed by atoms with Crippen molar-refractivity contribution in [2.45, 2.75) is 13.8 Å². The van der Waals surface area contributed by atoms with E-state index in [1.807, 2.05) is 6.92 Å². The van der Waals surface area contributed by atoms with Crippen LogP contribution in [0.2, 0.25) is 0 Å². The summed E-state index contributed by atoms with van der Waals surface area (Å²) in [4.78, 5) is 20.7. The van der Waals surface area contributed by atoms with Crippen molar-refractivity contribution in [2.24, 2.45) is 0 Å². The van der Waals surface area contributed by atoms with E-state index in [2.05, 4.69) is 10.1 Å². The van der Waals surface area contributed by atoms with Gasteiger partial charge in [0, 0.05) is 6.92 Å². The number of hydrogen-bond donors (Lipinski definition) is 1. The Morgan fingerprint density at radius 2 is 2.10 bits per heavy atom. The summed E-state index contributed by atoms with van der Waals surface area (Å²) >= 11 is 0. The van der Waals surface area contributed by atoms with Crippen molar-refractivity contribution in [2.75, 3.05) is 13.1 Å². The van der Waals surface area contributed by atoms with Gasteiger partial charge in [-0.2, -0.15) is 0 Å². The van der Waals surface area contributed by atoms with E-state index in [4.69, 9.17) is 0 Å². The molecule has 58 valence electrons. The largest absolute Gasteiger partial charge is 0.392 e. The molecule has 4 nitrogen and oxygen atoms in total. The van der Waals surface area contributed by atoms with E-state index in [1.54, 1.807) is 0 Å². The van der Waals surface area contributed by atoms with E-state index in [0.717, 1.165) is 0 Å². The van der Waals surface area contributed by atoms with Crippen molar-refractivity contribution in [3.05, 3.63) is 0 Å². The summed E-state index contributed by atoms with van der Waals surface area (Å²) in [6, 6.07) is 0. The highest BCUT2D eigenvalue weighted by Crippen LogP contribution is 1.76. The molecule has 0 aromatic carbocycles. The van der Waals surface area contributed by atoms with Crippen molar-refractivity contribution in [3.8, 4) is 0 Å². The zero-order chi connectivity index (χ0) is 7.98. The summed E-state index contributed by atoms with van der Waals surface area (Å²) in [7, 11) is 0. The van der Waals surface area contributed by atoms with E-state index >= 15 is 0 Å². The lowest BCUT2D eigenvalue weighted by atomic mass is 10.6. The molecule has 0 aliphatic rings. The van der Waals surface area contributed by atoms with Crippen LogP contribution in [0.25, 0.3) is 0 Å². The highest BCUT2D eigenvalue weighted by molar-refractivity contribution is 5.85. The molecule has 1 N–H and O–H groups in total. The third-order valence-corrected chi connectivity index (χ3v) is 0.777. The minimum Gasteiger partial charge on any atom is -0.392 e. The predicted octanol–water partition coefficient (Wildman–Crippen LogP) is -0.314. The van der Waals surface area contributed by atoms with Gasteiger partial charge in [0.25, 0.3) is 0 Å². The summed E-state index contributed by atoms with van der Waals surface area (Å²) in [6.45, 7) is 3.84. The van der Waals surface area contributed by atoms with E-state index in [9.17, 15) is 9.59 Å². The van der Waals surface area contributed by atoms with Gasteiger partial charge in [0.1, 0.15) is 0 Å². The number of carbonyl (C=O) groups is 2. The lowest BCUT2D eigenvalue weighted by Gasteiger charge is -1.98. The molecule has 0 saturated heterocycles. The molecule has 0 rings (SSSR count). The van der Waals surface area contributed by atoms with Crippen molar-refractivity contribution < 1.29 is 14.3 Å². The summed E-state index contributed by atoms with van der Waals surface area (Å²) in [6.07, 6.45) is 0. The molecule has 0 atom stereocenters. The monoisotopic (exact) mass is 145 g/mol. The van der Waals surface area contributed by atoms with Crippen molar-refractivity contribution in [3.63, 3.8) is 0 Å². The Morgan fingerprint density at radius 3 is 2.50 bits per heavy atom. The lowest BCUT2D eigenvalue weighted by Crippen LogP contribution is -2.25. The van der Waals surface area contributed by atoms with Crippen LogP contribution < -0.4 is 5.32 Å². The van der Waals surface area contributed by atoms with Gasteiger partial charge in [-0.25, -0.2) is 0 Å². The summed E-state index contributed by atoms with van der Waals surface area (Å²) in [5.41, 5.74) is 0. The molecule has 0 saturated carbocycles. The first-order valence-corrected chi connectivity index (χ1v) is 3.08. The quantitative estimate of drug-likeness (QED) is 0.437. The first-order chi connectivity index (χ1) is 4.66. The van der Waals surface area contributed by atoms with Crippen LogP contribution in [0.5, 0.6) is 0 Å². The molecular formula is C6H11NO3. The third-order valence-electron chi connectivity index (χ3n) is 0.777. The Morgan fingerprint density at radius 1 is 1.50 bits per heavy atom. The molecule has 10 heavy (non-hydrogen) atoms. The highest BCUT2D eigenvalue weighted by atomic mass is 16.6. The molecule has 0 aromatic heterocycles. The number of nitrogens with one attached hydrogen (secondary N) is 1. The van der Waals surface area contributed by atoms with Crippen LogP contribution >= 0.6 is 0 Å². The van der Waals surface area contributed by atoms with Crippen LogP contribution in [0.3, 0.4) is 0 Å². The number of ether oxygens (including phenoxy) is 1. The molecule has 0 heterocycles. The number of hydrogen-bond acceptors (Lipinski definition) is 4. The highest BCUT2D eigenvalue weighted by Gasteiger charge is 2.02. The normalized spacial score (nSPS) is 9.00. The van der Waals surface area contributed by atoms with E-state index < -0.39 is 11.9 Å². The topological polar surface area (TPSA) is 55.4 Å². The smallest absolute Gasteiger partial charge is 0.327 e. The number of rotatable bonds is 3. The average Bonchev–Trinajstić information content (AvgIpc) is 1.82. The van der Waals surface area contributed by atoms with Crippen LogP contribution in [0.1, 0.15) is 13.8 Å². The maximum atomic E-state index is 10.5. The molecule has 0 aliphatic carbocycles. The van der Waals surface area contributed by atoms with Crippen LogP contribution in [0, 0.1) is 0 Å². The van der Waals surface area contributed by atoms with E-state index in [0.29, 0.717) is 6.54 Å². The van der Waals surface area contributed by atoms with Crippen molar-refractivity contribution in [1.82, 2.24) is 5.32 Å². The molecular weight excluding hydrogens is 134 g/mol. The Balaban J connectivity index is 3.35. The molecule has 0 bridgehead atoms. The fraction of sp³-hybridized carbons (Fsp3) is 0.667. The van der Waals surface area contributed by atoms with Gasteiger partial charge < -0.3 is 10.1 Å². The Bertz CT molecular complexity index is 133. The summed E-state index contributed by atoms with van der Waals surface area (Å²) < 4.78 is 4.21. The Labute approximate surface area is 59.6 Å². The second kappa shape index (κ2) is 4.93. The molecule has 0 spiro atoms. The van der Waals surface area contributed by atoms with Crippen LogP contribution in [-0.4, -0.2) is 25.0 Å².